The van der Waals surface area contributed by atoms with Crippen molar-refractivity contribution in [2.24, 2.45) is 0 Å². The minimum absolute atomic E-state index is 0.0961. The first-order valence-corrected chi connectivity index (χ1v) is 5.38. The van der Waals surface area contributed by atoms with Gasteiger partial charge in [-0.05, 0) is 32.9 Å². The van der Waals surface area contributed by atoms with Crippen LogP contribution in [-0.4, -0.2) is 43.0 Å². The Balaban J connectivity index is 2.33. The van der Waals surface area contributed by atoms with E-state index in [1.165, 1.54) is 0 Å². The van der Waals surface area contributed by atoms with Gasteiger partial charge in [-0.15, -0.1) is 0 Å². The molecule has 1 rings (SSSR count). The number of nitrogens with zero attached hydrogens (tertiary/aromatic N) is 1. The molecule has 1 fully saturated rings. The van der Waals surface area contributed by atoms with Gasteiger partial charge in [-0.25, -0.2) is 8.78 Å². The second kappa shape index (κ2) is 5.03. The summed E-state index contributed by atoms with van der Waals surface area (Å²) in [6.45, 7) is 4.99. The van der Waals surface area contributed by atoms with E-state index in [2.05, 4.69) is 5.32 Å². The van der Waals surface area contributed by atoms with Crippen molar-refractivity contribution >= 4 is 0 Å². The van der Waals surface area contributed by atoms with E-state index in [4.69, 9.17) is 0 Å². The minimum atomic E-state index is -2.59. The van der Waals surface area contributed by atoms with Crippen LogP contribution in [0.15, 0.2) is 0 Å². The molecule has 0 saturated carbocycles. The van der Waals surface area contributed by atoms with Gasteiger partial charge >= 0.3 is 0 Å². The van der Waals surface area contributed by atoms with E-state index >= 15 is 0 Å². The Hall–Kier alpha value is -0.220. The number of alkyl halides is 2. The minimum Gasteiger partial charge on any atom is -0.311 e. The van der Waals surface area contributed by atoms with E-state index in [1.54, 1.807) is 0 Å². The molecule has 2 nitrogen and oxygen atoms in total. The molecule has 0 aromatic heterocycles. The second-order valence-electron chi connectivity index (χ2n) is 4.10. The second-order valence-corrected chi connectivity index (χ2v) is 4.10. The highest BCUT2D eigenvalue weighted by Gasteiger charge is 2.34. The molecule has 1 N–H and O–H groups in total. The third-order valence-corrected chi connectivity index (χ3v) is 2.76. The summed E-state index contributed by atoms with van der Waals surface area (Å²) >= 11 is 0. The predicted molar refractivity (Wildman–Crippen MR) is 53.8 cm³/mol. The molecule has 0 aromatic carbocycles. The van der Waals surface area contributed by atoms with Crippen LogP contribution in [-0.2, 0) is 0 Å². The maximum Gasteiger partial charge on any atom is 0.272 e. The Morgan fingerprint density at radius 2 is 2.21 bits per heavy atom. The maximum absolute atomic E-state index is 13.3. The standard InChI is InChI=1S/C10H20F2N2/c1-3-13-7-10(11,12)8-14-6-4-5-9(14)2/h9,13H,3-8H2,1-2H3. The molecule has 1 aliphatic rings. The van der Waals surface area contributed by atoms with Crippen LogP contribution in [0.2, 0.25) is 0 Å². The smallest absolute Gasteiger partial charge is 0.272 e. The van der Waals surface area contributed by atoms with Gasteiger partial charge in [0.1, 0.15) is 0 Å². The first-order valence-electron chi connectivity index (χ1n) is 5.38. The lowest BCUT2D eigenvalue weighted by Gasteiger charge is -2.26. The molecule has 14 heavy (non-hydrogen) atoms. The Bertz CT molecular complexity index is 174. The predicted octanol–water partition coefficient (Wildman–Crippen LogP) is 1.72. The first-order chi connectivity index (χ1) is 6.55. The van der Waals surface area contributed by atoms with Crippen molar-refractivity contribution in [3.63, 3.8) is 0 Å². The summed E-state index contributed by atoms with van der Waals surface area (Å²) in [5, 5.41) is 2.70. The zero-order valence-corrected chi connectivity index (χ0v) is 9.02. The van der Waals surface area contributed by atoms with Gasteiger partial charge in [-0.3, -0.25) is 4.90 Å². The Morgan fingerprint density at radius 1 is 1.50 bits per heavy atom. The summed E-state index contributed by atoms with van der Waals surface area (Å²) < 4.78 is 26.7. The number of hydrogen-bond acceptors (Lipinski definition) is 2. The van der Waals surface area contributed by atoms with Crippen molar-refractivity contribution in [2.45, 2.75) is 38.7 Å². The van der Waals surface area contributed by atoms with Gasteiger partial charge in [0.25, 0.3) is 5.92 Å². The highest BCUT2D eigenvalue weighted by molar-refractivity contribution is 4.81. The van der Waals surface area contributed by atoms with Crippen LogP contribution in [0.5, 0.6) is 0 Å². The summed E-state index contributed by atoms with van der Waals surface area (Å²) in [6.07, 6.45) is 2.11. The maximum atomic E-state index is 13.3. The van der Waals surface area contributed by atoms with E-state index in [0.29, 0.717) is 12.6 Å². The fourth-order valence-corrected chi connectivity index (χ4v) is 1.89. The lowest BCUT2D eigenvalue weighted by atomic mass is 10.2. The molecule has 0 aliphatic carbocycles. The van der Waals surface area contributed by atoms with Gasteiger partial charge in [0, 0.05) is 6.04 Å². The Kier molecular flexibility index (Phi) is 4.26. The van der Waals surface area contributed by atoms with Gasteiger partial charge in [-0.1, -0.05) is 6.92 Å². The van der Waals surface area contributed by atoms with Crippen LogP contribution >= 0.6 is 0 Å². The normalized spacial score (nSPS) is 24.4. The van der Waals surface area contributed by atoms with Crippen molar-refractivity contribution < 1.29 is 8.78 Å². The van der Waals surface area contributed by atoms with Crippen molar-refractivity contribution in [3.8, 4) is 0 Å². The number of rotatable bonds is 5. The first kappa shape index (κ1) is 11.9. The SMILES string of the molecule is CCNCC(F)(F)CN1CCCC1C. The van der Waals surface area contributed by atoms with Crippen LogP contribution in [0.3, 0.4) is 0 Å². The monoisotopic (exact) mass is 206 g/mol. The summed E-state index contributed by atoms with van der Waals surface area (Å²) in [7, 11) is 0. The zero-order valence-electron chi connectivity index (χ0n) is 9.02. The largest absolute Gasteiger partial charge is 0.311 e. The van der Waals surface area contributed by atoms with Crippen molar-refractivity contribution in [1.82, 2.24) is 10.2 Å². The van der Waals surface area contributed by atoms with Crippen LogP contribution in [0.4, 0.5) is 8.78 Å². The van der Waals surface area contributed by atoms with E-state index < -0.39 is 5.92 Å². The quantitative estimate of drug-likeness (QED) is 0.736. The van der Waals surface area contributed by atoms with E-state index in [0.717, 1.165) is 19.4 Å². The summed E-state index contributed by atoms with van der Waals surface area (Å²) in [4.78, 5) is 1.89. The molecule has 0 radical (unpaired) electrons. The van der Waals surface area contributed by atoms with Crippen molar-refractivity contribution in [3.05, 3.63) is 0 Å². The van der Waals surface area contributed by atoms with E-state index in [-0.39, 0.29) is 13.1 Å². The average molecular weight is 206 g/mol. The molecular formula is C10H20F2N2. The molecule has 1 aliphatic heterocycles. The molecule has 1 atom stereocenters. The summed E-state index contributed by atoms with van der Waals surface area (Å²) in [6, 6.07) is 0.322. The third-order valence-electron chi connectivity index (χ3n) is 2.76. The van der Waals surface area contributed by atoms with Crippen LogP contribution in [0.1, 0.15) is 26.7 Å². The zero-order chi connectivity index (χ0) is 10.6. The van der Waals surface area contributed by atoms with E-state index in [1.807, 2.05) is 18.7 Å². The number of hydrogen-bond donors (Lipinski definition) is 1. The molecule has 84 valence electrons. The summed E-state index contributed by atoms with van der Waals surface area (Å²) in [5.74, 6) is -2.59. The summed E-state index contributed by atoms with van der Waals surface area (Å²) in [5.41, 5.74) is 0. The van der Waals surface area contributed by atoms with Crippen LogP contribution in [0.25, 0.3) is 0 Å². The molecule has 0 spiro atoms. The number of halogens is 2. The fourth-order valence-electron chi connectivity index (χ4n) is 1.89. The Morgan fingerprint density at radius 3 is 2.71 bits per heavy atom. The van der Waals surface area contributed by atoms with Gasteiger partial charge in [-0.2, -0.15) is 0 Å². The highest BCUT2D eigenvalue weighted by Crippen LogP contribution is 2.22. The molecule has 0 amide bonds. The van der Waals surface area contributed by atoms with Gasteiger partial charge in [0.05, 0.1) is 13.1 Å². The van der Waals surface area contributed by atoms with Gasteiger partial charge < -0.3 is 5.32 Å². The molecule has 0 bridgehead atoms. The lowest BCUT2D eigenvalue weighted by Crippen LogP contribution is -2.44. The van der Waals surface area contributed by atoms with Crippen LogP contribution < -0.4 is 5.32 Å². The molecule has 1 saturated heterocycles. The lowest BCUT2D eigenvalue weighted by molar-refractivity contribution is -0.0317. The van der Waals surface area contributed by atoms with Gasteiger partial charge in [0.2, 0.25) is 0 Å². The fraction of sp³-hybridized carbons (Fsp3) is 1.00. The Labute approximate surface area is 84.7 Å². The topological polar surface area (TPSA) is 15.3 Å². The van der Waals surface area contributed by atoms with Gasteiger partial charge in [0.15, 0.2) is 0 Å². The van der Waals surface area contributed by atoms with Crippen molar-refractivity contribution in [1.29, 1.82) is 0 Å². The molecule has 1 heterocycles. The number of nitrogens with one attached hydrogen (secondary N) is 1. The number of likely N-dealkylation sites (tertiary alicyclic amines) is 1. The average Bonchev–Trinajstić information content (AvgIpc) is 2.48. The third kappa shape index (κ3) is 3.50. The molecule has 0 aromatic rings. The molecular weight excluding hydrogens is 186 g/mol. The molecule has 1 unspecified atom stereocenters. The van der Waals surface area contributed by atoms with E-state index in [9.17, 15) is 8.78 Å². The van der Waals surface area contributed by atoms with Crippen molar-refractivity contribution in [2.75, 3.05) is 26.2 Å². The molecule has 4 heteroatoms. The van der Waals surface area contributed by atoms with Crippen LogP contribution in [0, 0.1) is 0 Å². The highest BCUT2D eigenvalue weighted by atomic mass is 19.3.